The van der Waals surface area contributed by atoms with Gasteiger partial charge in [0.1, 0.15) is 0 Å². The monoisotopic (exact) mass is 740 g/mol. The molecular formula is C44H52N8O3. The molecule has 2 atom stereocenters. The Morgan fingerprint density at radius 3 is 2.44 bits per heavy atom. The van der Waals surface area contributed by atoms with Crippen LogP contribution in [0.4, 0.5) is 5.69 Å². The number of amides is 2. The van der Waals surface area contributed by atoms with Crippen molar-refractivity contribution in [3.05, 3.63) is 112 Å². The Hall–Kier alpha value is -5.10. The van der Waals surface area contributed by atoms with E-state index in [2.05, 4.69) is 94.5 Å². The summed E-state index contributed by atoms with van der Waals surface area (Å²) in [7, 11) is 0. The number of anilines is 1. The first-order chi connectivity index (χ1) is 26.9. The molecule has 3 fully saturated rings. The highest BCUT2D eigenvalue weighted by atomic mass is 16.5. The van der Waals surface area contributed by atoms with Crippen molar-refractivity contribution in [1.82, 2.24) is 35.6 Å². The van der Waals surface area contributed by atoms with E-state index < -0.39 is 0 Å². The number of piperazine rings is 1. The Bertz CT molecular complexity index is 2190. The maximum atomic E-state index is 13.6. The van der Waals surface area contributed by atoms with E-state index in [0.717, 1.165) is 91.3 Å². The fourth-order valence-corrected chi connectivity index (χ4v) is 8.55. The average Bonchev–Trinajstić information content (AvgIpc) is 3.96. The lowest BCUT2D eigenvalue weighted by Crippen LogP contribution is -2.42. The van der Waals surface area contributed by atoms with Gasteiger partial charge in [0, 0.05) is 93.0 Å². The second-order valence-electron chi connectivity index (χ2n) is 15.2. The lowest BCUT2D eigenvalue weighted by molar-refractivity contribution is 0.0904. The lowest BCUT2D eigenvalue weighted by Gasteiger charge is -2.27. The van der Waals surface area contributed by atoms with Gasteiger partial charge in [-0.2, -0.15) is 5.10 Å². The van der Waals surface area contributed by atoms with E-state index in [0.29, 0.717) is 42.7 Å². The zero-order chi connectivity index (χ0) is 37.9. The van der Waals surface area contributed by atoms with Crippen LogP contribution in [0.15, 0.2) is 72.9 Å². The molecule has 0 radical (unpaired) electrons. The van der Waals surface area contributed by atoms with E-state index in [-0.39, 0.29) is 17.9 Å². The molecule has 3 aromatic carbocycles. The van der Waals surface area contributed by atoms with Gasteiger partial charge in [-0.05, 0) is 91.6 Å². The highest BCUT2D eigenvalue weighted by Gasteiger charge is 2.37. The Morgan fingerprint density at radius 1 is 0.945 bits per heavy atom. The van der Waals surface area contributed by atoms with Crippen LogP contribution in [0.5, 0.6) is 0 Å². The van der Waals surface area contributed by atoms with Gasteiger partial charge in [-0.3, -0.25) is 14.5 Å². The van der Waals surface area contributed by atoms with Crippen molar-refractivity contribution >= 4 is 28.5 Å². The smallest absolute Gasteiger partial charge is 0.251 e. The number of aromatic nitrogens is 3. The number of aryl methyl sites for hydroxylation is 2. The molecule has 3 aliphatic rings. The second kappa shape index (κ2) is 16.3. The quantitative estimate of drug-likeness (QED) is 0.116. The van der Waals surface area contributed by atoms with Crippen LogP contribution in [-0.2, 0) is 37.3 Å². The van der Waals surface area contributed by atoms with Crippen molar-refractivity contribution < 1.29 is 14.3 Å². The van der Waals surface area contributed by atoms with Crippen LogP contribution in [0.25, 0.3) is 22.2 Å². The molecule has 0 aliphatic carbocycles. The van der Waals surface area contributed by atoms with Crippen molar-refractivity contribution in [1.29, 1.82) is 0 Å². The highest BCUT2D eigenvalue weighted by molar-refractivity contribution is 6.00. The van der Waals surface area contributed by atoms with Crippen molar-refractivity contribution in [2.75, 3.05) is 31.6 Å². The van der Waals surface area contributed by atoms with Crippen molar-refractivity contribution in [2.45, 2.75) is 90.8 Å². The zero-order valence-electron chi connectivity index (χ0n) is 32.2. The van der Waals surface area contributed by atoms with Crippen LogP contribution in [0.2, 0.25) is 0 Å². The van der Waals surface area contributed by atoms with Gasteiger partial charge in [0.25, 0.3) is 11.8 Å². The van der Waals surface area contributed by atoms with Crippen LogP contribution in [-0.4, -0.2) is 75.9 Å². The molecular weight excluding hydrogens is 689 g/mol. The molecule has 5 heterocycles. The minimum Gasteiger partial charge on any atom is -0.381 e. The number of carbonyl (C=O) groups is 2. The van der Waals surface area contributed by atoms with Gasteiger partial charge in [0.05, 0.1) is 17.3 Å². The van der Waals surface area contributed by atoms with Crippen molar-refractivity contribution in [3.63, 3.8) is 0 Å². The normalized spacial score (nSPS) is 18.5. The molecule has 3 saturated heterocycles. The van der Waals surface area contributed by atoms with Crippen molar-refractivity contribution in [2.24, 2.45) is 0 Å². The number of rotatable bonds is 13. The SMILES string of the molecule is CCc1nc2c(cnn2CC)c(NC2CCOCC2)c1CNC(=O)c1cccc(C(=O)NCc2cccc(-c3cccc(CN4C[C@@H]5CC4CN5)c3)c2C)c1. The number of carbonyl (C=O) groups excluding carboxylic acids is 2. The first-order valence-corrected chi connectivity index (χ1v) is 19.9. The molecule has 55 heavy (non-hydrogen) atoms. The Balaban J connectivity index is 0.936. The van der Waals surface area contributed by atoms with E-state index in [9.17, 15) is 9.59 Å². The number of ether oxygens (including phenoxy) is 1. The molecule has 2 aromatic heterocycles. The van der Waals surface area contributed by atoms with Gasteiger partial charge in [0.15, 0.2) is 5.65 Å². The third kappa shape index (κ3) is 7.87. The molecule has 286 valence electrons. The molecule has 8 rings (SSSR count). The van der Waals surface area contributed by atoms with Crippen LogP contribution < -0.4 is 21.3 Å². The second-order valence-corrected chi connectivity index (χ2v) is 15.2. The predicted molar refractivity (Wildman–Crippen MR) is 216 cm³/mol. The predicted octanol–water partition coefficient (Wildman–Crippen LogP) is 5.99. The van der Waals surface area contributed by atoms with Crippen LogP contribution in [0.1, 0.15) is 81.8 Å². The topological polar surface area (TPSA) is 125 Å². The number of likely N-dealkylation sites (tertiary alicyclic amines) is 1. The molecule has 2 bridgehead atoms. The van der Waals surface area contributed by atoms with E-state index in [1.807, 2.05) is 10.9 Å². The summed E-state index contributed by atoms with van der Waals surface area (Å²) in [5.41, 5.74) is 10.4. The number of nitrogens with zero attached hydrogens (tertiary/aromatic N) is 4. The fourth-order valence-electron chi connectivity index (χ4n) is 8.55. The first kappa shape index (κ1) is 36.9. The minimum absolute atomic E-state index is 0.227. The molecule has 4 N–H and O–H groups in total. The van der Waals surface area contributed by atoms with Gasteiger partial charge in [0.2, 0.25) is 0 Å². The third-order valence-corrected chi connectivity index (χ3v) is 11.7. The van der Waals surface area contributed by atoms with E-state index in [4.69, 9.17) is 9.72 Å². The molecule has 5 aromatic rings. The molecule has 0 spiro atoms. The summed E-state index contributed by atoms with van der Waals surface area (Å²) in [5, 5.41) is 19.1. The average molecular weight is 741 g/mol. The number of nitrogens with one attached hydrogen (secondary N) is 4. The highest BCUT2D eigenvalue weighted by Crippen LogP contribution is 2.32. The number of fused-ring (bicyclic) bond motifs is 3. The van der Waals surface area contributed by atoms with Crippen LogP contribution >= 0.6 is 0 Å². The molecule has 11 nitrogen and oxygen atoms in total. The zero-order valence-corrected chi connectivity index (χ0v) is 32.2. The summed E-state index contributed by atoms with van der Waals surface area (Å²) in [5.74, 6) is -0.479. The first-order valence-electron chi connectivity index (χ1n) is 19.9. The summed E-state index contributed by atoms with van der Waals surface area (Å²) in [6.45, 7) is 12.3. The summed E-state index contributed by atoms with van der Waals surface area (Å²) >= 11 is 0. The third-order valence-electron chi connectivity index (χ3n) is 11.7. The molecule has 2 amide bonds. The van der Waals surface area contributed by atoms with Gasteiger partial charge >= 0.3 is 0 Å². The Labute approximate surface area is 323 Å². The van der Waals surface area contributed by atoms with Gasteiger partial charge in [-0.25, -0.2) is 9.67 Å². The summed E-state index contributed by atoms with van der Waals surface area (Å²) in [6.07, 6.45) is 5.64. The standard InChI is InChI=1S/C44H52N8O3/c1-4-40-38(41(49-34-15-17-55-18-16-34)39-25-48-52(5-2)42(39)50-40)24-47-44(54)32-12-7-11-31(20-32)43(53)46-22-33-13-8-14-37(28(33)3)30-10-6-9-29(19-30)26-51-27-35-21-36(51)23-45-35/h6-14,19-20,25,34-36,45H,4-5,15-18,21-24,26-27H2,1-3H3,(H,46,53)(H,47,54)(H,49,50)/t35-,36?/m0/s1. The van der Waals surface area contributed by atoms with E-state index >= 15 is 0 Å². The Morgan fingerprint density at radius 2 is 1.71 bits per heavy atom. The maximum Gasteiger partial charge on any atom is 0.251 e. The molecule has 1 unspecified atom stereocenters. The number of pyridine rings is 1. The number of benzene rings is 3. The van der Waals surface area contributed by atoms with Gasteiger partial charge < -0.3 is 26.0 Å². The van der Waals surface area contributed by atoms with E-state index in [1.54, 1.807) is 24.3 Å². The number of hydrogen-bond donors (Lipinski definition) is 4. The molecule has 3 aliphatic heterocycles. The minimum atomic E-state index is -0.252. The fraction of sp³-hybridized carbons (Fsp3) is 0.409. The Kier molecular flexibility index (Phi) is 10.9. The molecule has 0 saturated carbocycles. The van der Waals surface area contributed by atoms with Crippen LogP contribution in [0, 0.1) is 6.92 Å². The van der Waals surface area contributed by atoms with E-state index in [1.165, 1.54) is 23.1 Å². The van der Waals surface area contributed by atoms with Crippen LogP contribution in [0.3, 0.4) is 0 Å². The van der Waals surface area contributed by atoms with Gasteiger partial charge in [-0.1, -0.05) is 49.4 Å². The lowest BCUT2D eigenvalue weighted by atomic mass is 9.95. The summed E-state index contributed by atoms with van der Waals surface area (Å²) in [6, 6.07) is 23.6. The van der Waals surface area contributed by atoms with Gasteiger partial charge in [-0.15, -0.1) is 0 Å². The summed E-state index contributed by atoms with van der Waals surface area (Å²) < 4.78 is 7.52. The molecule has 11 heteroatoms. The van der Waals surface area contributed by atoms with Crippen molar-refractivity contribution in [3.8, 4) is 11.1 Å². The maximum absolute atomic E-state index is 13.6. The largest absolute Gasteiger partial charge is 0.381 e. The summed E-state index contributed by atoms with van der Waals surface area (Å²) in [4.78, 5) is 34.7. The number of hydrogen-bond acceptors (Lipinski definition) is 8.